The molecule has 0 saturated carbocycles. The molecule has 1 saturated heterocycles. The molecule has 2 aromatic rings. The highest BCUT2D eigenvalue weighted by atomic mass is 32.2. The van der Waals surface area contributed by atoms with Crippen LogP contribution < -0.4 is 16.0 Å². The lowest BCUT2D eigenvalue weighted by molar-refractivity contribution is 0.0951. The molecule has 1 aliphatic heterocycles. The molecule has 1 aliphatic rings. The summed E-state index contributed by atoms with van der Waals surface area (Å²) < 4.78 is 22.9. The topological polar surface area (TPSA) is 104 Å². The Bertz CT molecular complexity index is 929. The van der Waals surface area contributed by atoms with Crippen LogP contribution in [0.4, 0.5) is 10.5 Å². The summed E-state index contributed by atoms with van der Waals surface area (Å²) in [5.74, 6) is -0.193. The summed E-state index contributed by atoms with van der Waals surface area (Å²) in [4.78, 5) is 24.4. The quantitative estimate of drug-likeness (QED) is 0.729. The number of anilines is 1. The average molecular weight is 387 g/mol. The normalized spacial score (nSPS) is 17.9. The number of carbonyl (C=O) groups is 2. The Balaban J connectivity index is 1.55. The molecular formula is C19H21N3O4S. The fraction of sp³-hybridized carbons (Fsp3) is 0.263. The predicted molar refractivity (Wildman–Crippen MR) is 103 cm³/mol. The molecule has 3 rings (SSSR count). The lowest BCUT2D eigenvalue weighted by Crippen LogP contribution is -2.38. The predicted octanol–water partition coefficient (Wildman–Crippen LogP) is 1.93. The van der Waals surface area contributed by atoms with Crippen molar-refractivity contribution in [1.29, 1.82) is 0 Å². The Morgan fingerprint density at radius 2 is 1.81 bits per heavy atom. The molecule has 7 nitrogen and oxygen atoms in total. The number of amides is 3. The van der Waals surface area contributed by atoms with E-state index in [1.807, 2.05) is 30.3 Å². The first-order chi connectivity index (χ1) is 12.9. The number of hydrogen-bond donors (Lipinski definition) is 3. The highest BCUT2D eigenvalue weighted by Gasteiger charge is 2.28. The van der Waals surface area contributed by atoms with E-state index < -0.39 is 15.9 Å². The van der Waals surface area contributed by atoms with Crippen molar-refractivity contribution in [2.75, 3.05) is 16.8 Å². The van der Waals surface area contributed by atoms with E-state index in [2.05, 4.69) is 16.0 Å². The Morgan fingerprint density at radius 1 is 1.04 bits per heavy atom. The molecular weight excluding hydrogens is 366 g/mol. The summed E-state index contributed by atoms with van der Waals surface area (Å²) in [5.41, 5.74) is 1.87. The molecule has 0 radical (unpaired) electrons. The van der Waals surface area contributed by atoms with E-state index in [1.54, 1.807) is 24.3 Å². The molecule has 0 aromatic heterocycles. The molecule has 0 unspecified atom stereocenters. The van der Waals surface area contributed by atoms with E-state index in [9.17, 15) is 18.0 Å². The van der Waals surface area contributed by atoms with Crippen LogP contribution >= 0.6 is 0 Å². The van der Waals surface area contributed by atoms with E-state index in [1.165, 1.54) is 0 Å². The van der Waals surface area contributed by atoms with Gasteiger partial charge >= 0.3 is 6.03 Å². The van der Waals surface area contributed by atoms with Crippen molar-refractivity contribution in [2.45, 2.75) is 19.0 Å². The number of urea groups is 1. The van der Waals surface area contributed by atoms with E-state index in [4.69, 9.17) is 0 Å². The van der Waals surface area contributed by atoms with Crippen LogP contribution in [0.2, 0.25) is 0 Å². The lowest BCUT2D eigenvalue weighted by atomic mass is 10.1. The minimum absolute atomic E-state index is 0.0393. The lowest BCUT2D eigenvalue weighted by Gasteiger charge is -2.13. The van der Waals surface area contributed by atoms with Crippen LogP contribution in [-0.2, 0) is 16.4 Å². The van der Waals surface area contributed by atoms with Gasteiger partial charge in [0.1, 0.15) is 0 Å². The number of rotatable bonds is 5. The smallest absolute Gasteiger partial charge is 0.319 e. The van der Waals surface area contributed by atoms with Crippen LogP contribution in [0.1, 0.15) is 22.3 Å². The molecule has 1 heterocycles. The molecule has 0 spiro atoms. The van der Waals surface area contributed by atoms with Crippen LogP contribution in [-0.4, -0.2) is 37.9 Å². The molecule has 3 N–H and O–H groups in total. The van der Waals surface area contributed by atoms with Gasteiger partial charge in [-0.1, -0.05) is 36.4 Å². The van der Waals surface area contributed by atoms with Crippen molar-refractivity contribution in [2.24, 2.45) is 0 Å². The monoisotopic (exact) mass is 387 g/mol. The third-order valence-corrected chi connectivity index (χ3v) is 6.01. The Morgan fingerprint density at radius 3 is 2.52 bits per heavy atom. The minimum atomic E-state index is -3.06. The zero-order chi connectivity index (χ0) is 19.3. The second-order valence-electron chi connectivity index (χ2n) is 6.45. The van der Waals surface area contributed by atoms with Crippen molar-refractivity contribution in [3.05, 3.63) is 65.7 Å². The molecule has 142 valence electrons. The van der Waals surface area contributed by atoms with Crippen LogP contribution in [0.3, 0.4) is 0 Å². The van der Waals surface area contributed by atoms with E-state index in [-0.39, 0.29) is 23.5 Å². The van der Waals surface area contributed by atoms with Crippen LogP contribution in [0, 0.1) is 0 Å². The van der Waals surface area contributed by atoms with Gasteiger partial charge in [0.05, 0.1) is 11.5 Å². The van der Waals surface area contributed by atoms with E-state index >= 15 is 0 Å². The molecule has 1 fully saturated rings. The molecule has 3 amide bonds. The fourth-order valence-electron chi connectivity index (χ4n) is 2.88. The summed E-state index contributed by atoms with van der Waals surface area (Å²) in [6.45, 7) is 0.411. The third-order valence-electron chi connectivity index (χ3n) is 4.25. The van der Waals surface area contributed by atoms with Crippen molar-refractivity contribution in [3.8, 4) is 0 Å². The van der Waals surface area contributed by atoms with Gasteiger partial charge < -0.3 is 16.0 Å². The van der Waals surface area contributed by atoms with Crippen LogP contribution in [0.5, 0.6) is 0 Å². The molecule has 27 heavy (non-hydrogen) atoms. The minimum Gasteiger partial charge on any atom is -0.348 e. The van der Waals surface area contributed by atoms with Gasteiger partial charge in [-0.05, 0) is 30.2 Å². The first-order valence-electron chi connectivity index (χ1n) is 8.61. The molecule has 0 bridgehead atoms. The Hall–Kier alpha value is -2.87. The maximum atomic E-state index is 12.3. The Labute approximate surface area is 158 Å². The maximum Gasteiger partial charge on any atom is 0.319 e. The van der Waals surface area contributed by atoms with Gasteiger partial charge in [-0.3, -0.25) is 4.79 Å². The van der Waals surface area contributed by atoms with Gasteiger partial charge in [0, 0.05) is 23.8 Å². The summed E-state index contributed by atoms with van der Waals surface area (Å²) in [6, 6.07) is 15.3. The van der Waals surface area contributed by atoms with Crippen molar-refractivity contribution < 1.29 is 18.0 Å². The first-order valence-corrected chi connectivity index (χ1v) is 10.4. The average Bonchev–Trinajstić information content (AvgIpc) is 2.99. The standard InChI is InChI=1S/C19H21N3O4S/c23-18(20-12-14-5-2-1-3-6-14)15-7-4-8-16(11-15)21-19(24)22-17-9-10-27(25,26)13-17/h1-8,11,17H,9-10,12-13H2,(H,20,23)(H2,21,22,24)/t17-/m0/s1. The molecule has 2 aromatic carbocycles. The van der Waals surface area contributed by atoms with E-state index in [0.29, 0.717) is 24.2 Å². The summed E-state index contributed by atoms with van der Waals surface area (Å²) in [7, 11) is -3.06. The number of carbonyl (C=O) groups excluding carboxylic acids is 2. The number of nitrogens with one attached hydrogen (secondary N) is 3. The van der Waals surface area contributed by atoms with Gasteiger partial charge in [0.25, 0.3) is 5.91 Å². The van der Waals surface area contributed by atoms with Gasteiger partial charge in [0.2, 0.25) is 0 Å². The molecule has 1 atom stereocenters. The Kier molecular flexibility index (Phi) is 5.75. The highest BCUT2D eigenvalue weighted by Crippen LogP contribution is 2.13. The second kappa shape index (κ2) is 8.22. The third kappa shape index (κ3) is 5.55. The van der Waals surface area contributed by atoms with Crippen molar-refractivity contribution in [1.82, 2.24) is 10.6 Å². The molecule has 8 heteroatoms. The van der Waals surface area contributed by atoms with Crippen molar-refractivity contribution in [3.63, 3.8) is 0 Å². The fourth-order valence-corrected chi connectivity index (χ4v) is 4.55. The number of sulfone groups is 1. The number of hydrogen-bond acceptors (Lipinski definition) is 4. The maximum absolute atomic E-state index is 12.3. The number of benzene rings is 2. The van der Waals surface area contributed by atoms with E-state index in [0.717, 1.165) is 5.56 Å². The second-order valence-corrected chi connectivity index (χ2v) is 8.68. The van der Waals surface area contributed by atoms with Gasteiger partial charge in [0.15, 0.2) is 9.84 Å². The molecule has 0 aliphatic carbocycles. The van der Waals surface area contributed by atoms with Gasteiger partial charge in [-0.25, -0.2) is 13.2 Å². The zero-order valence-corrected chi connectivity index (χ0v) is 15.5. The van der Waals surface area contributed by atoms with Gasteiger partial charge in [-0.15, -0.1) is 0 Å². The SMILES string of the molecule is O=C(Nc1cccc(C(=O)NCc2ccccc2)c1)N[C@H]1CCS(=O)(=O)C1. The largest absolute Gasteiger partial charge is 0.348 e. The van der Waals surface area contributed by atoms with Crippen LogP contribution in [0.25, 0.3) is 0 Å². The van der Waals surface area contributed by atoms with Crippen molar-refractivity contribution >= 4 is 27.5 Å². The summed E-state index contributed by atoms with van der Waals surface area (Å²) in [5, 5.41) is 8.12. The van der Waals surface area contributed by atoms with Gasteiger partial charge in [-0.2, -0.15) is 0 Å². The highest BCUT2D eigenvalue weighted by molar-refractivity contribution is 7.91. The summed E-state index contributed by atoms with van der Waals surface area (Å²) >= 11 is 0. The van der Waals surface area contributed by atoms with Crippen LogP contribution in [0.15, 0.2) is 54.6 Å². The summed E-state index contributed by atoms with van der Waals surface area (Å²) in [6.07, 6.45) is 0.414. The zero-order valence-electron chi connectivity index (χ0n) is 14.6. The first kappa shape index (κ1) is 18.9.